The zero-order valence-electron chi connectivity index (χ0n) is 11.9. The minimum atomic E-state index is 0.696. The Bertz CT molecular complexity index is 403. The molecule has 0 radical (unpaired) electrons. The van der Waals surface area contributed by atoms with Crippen molar-refractivity contribution in [2.45, 2.75) is 13.8 Å². The van der Waals surface area contributed by atoms with Crippen LogP contribution in [-0.4, -0.2) is 55.7 Å². The van der Waals surface area contributed by atoms with Crippen molar-refractivity contribution in [3.05, 3.63) is 28.8 Å². The van der Waals surface area contributed by atoms with Crippen molar-refractivity contribution in [2.24, 2.45) is 0 Å². The molecular weight excluding hydrogens is 260 g/mol. The van der Waals surface area contributed by atoms with Crippen molar-refractivity contribution in [3.8, 4) is 5.75 Å². The van der Waals surface area contributed by atoms with Gasteiger partial charge < -0.3 is 9.64 Å². The molecule has 0 unspecified atom stereocenters. The lowest BCUT2D eigenvalue weighted by molar-refractivity contribution is 0.121. The van der Waals surface area contributed by atoms with Crippen LogP contribution in [0.3, 0.4) is 0 Å². The molecule has 106 valence electrons. The Hall–Kier alpha value is -0.770. The summed E-state index contributed by atoms with van der Waals surface area (Å²) in [6, 6.07) is 5.89. The number of halogens is 1. The number of piperazine rings is 1. The number of hydrogen-bond acceptors (Lipinski definition) is 3. The van der Waals surface area contributed by atoms with Crippen LogP contribution in [0.2, 0.25) is 5.02 Å². The van der Waals surface area contributed by atoms with Gasteiger partial charge in [-0.05, 0) is 31.2 Å². The molecule has 0 aliphatic carbocycles. The van der Waals surface area contributed by atoms with Gasteiger partial charge in [0.2, 0.25) is 0 Å². The summed E-state index contributed by atoms with van der Waals surface area (Å²) in [6.45, 7) is 11.7. The van der Waals surface area contributed by atoms with Gasteiger partial charge in [0.25, 0.3) is 0 Å². The lowest BCUT2D eigenvalue weighted by Crippen LogP contribution is -2.47. The maximum Gasteiger partial charge on any atom is 0.138 e. The first kappa shape index (κ1) is 14.6. The van der Waals surface area contributed by atoms with Crippen LogP contribution >= 0.6 is 11.6 Å². The minimum Gasteiger partial charge on any atom is -0.491 e. The Balaban J connectivity index is 1.73. The summed E-state index contributed by atoms with van der Waals surface area (Å²) in [5, 5.41) is 0.696. The topological polar surface area (TPSA) is 15.7 Å². The van der Waals surface area contributed by atoms with Crippen LogP contribution in [0.1, 0.15) is 12.5 Å². The molecule has 2 rings (SSSR count). The summed E-state index contributed by atoms with van der Waals surface area (Å²) in [7, 11) is 0. The number of aryl methyl sites for hydroxylation is 1. The molecule has 1 aliphatic rings. The third-order valence-electron chi connectivity index (χ3n) is 3.66. The van der Waals surface area contributed by atoms with Crippen LogP contribution in [-0.2, 0) is 0 Å². The van der Waals surface area contributed by atoms with E-state index in [4.69, 9.17) is 16.3 Å². The van der Waals surface area contributed by atoms with Crippen molar-refractivity contribution < 1.29 is 4.74 Å². The molecule has 1 heterocycles. The molecule has 1 aromatic carbocycles. The zero-order chi connectivity index (χ0) is 13.7. The second-order valence-corrected chi connectivity index (χ2v) is 5.47. The van der Waals surface area contributed by atoms with Crippen molar-refractivity contribution in [2.75, 3.05) is 45.9 Å². The van der Waals surface area contributed by atoms with Gasteiger partial charge in [0.15, 0.2) is 0 Å². The van der Waals surface area contributed by atoms with E-state index in [2.05, 4.69) is 16.7 Å². The predicted molar refractivity (Wildman–Crippen MR) is 80.2 cm³/mol. The average Bonchev–Trinajstić information content (AvgIpc) is 2.43. The van der Waals surface area contributed by atoms with Gasteiger partial charge in [-0.25, -0.2) is 0 Å². The number of benzene rings is 1. The molecule has 4 heteroatoms. The Morgan fingerprint density at radius 2 is 1.84 bits per heavy atom. The first-order chi connectivity index (χ1) is 9.19. The van der Waals surface area contributed by atoms with Crippen LogP contribution in [0.4, 0.5) is 0 Å². The quantitative estimate of drug-likeness (QED) is 0.826. The van der Waals surface area contributed by atoms with Gasteiger partial charge in [-0.2, -0.15) is 0 Å². The van der Waals surface area contributed by atoms with Crippen LogP contribution < -0.4 is 4.74 Å². The molecule has 1 aromatic rings. The van der Waals surface area contributed by atoms with E-state index in [0.29, 0.717) is 11.6 Å². The Kier molecular flexibility index (Phi) is 5.49. The van der Waals surface area contributed by atoms with Gasteiger partial charge in [-0.3, -0.25) is 4.90 Å². The highest BCUT2D eigenvalue weighted by atomic mass is 35.5. The Labute approximate surface area is 121 Å². The van der Waals surface area contributed by atoms with Gasteiger partial charge in [0.1, 0.15) is 12.4 Å². The van der Waals surface area contributed by atoms with Crippen molar-refractivity contribution in [3.63, 3.8) is 0 Å². The summed E-state index contributed by atoms with van der Waals surface area (Å²) < 4.78 is 5.79. The molecule has 1 fully saturated rings. The second-order valence-electron chi connectivity index (χ2n) is 5.06. The SMILES string of the molecule is CCN1CCN(CCOc2cc(C)ccc2Cl)CC1. The van der Waals surface area contributed by atoms with E-state index in [9.17, 15) is 0 Å². The summed E-state index contributed by atoms with van der Waals surface area (Å²) in [5.41, 5.74) is 1.18. The van der Waals surface area contributed by atoms with Crippen molar-refractivity contribution in [1.29, 1.82) is 0 Å². The minimum absolute atomic E-state index is 0.696. The fourth-order valence-corrected chi connectivity index (χ4v) is 2.51. The standard InChI is InChI=1S/C15H23ClN2O/c1-3-17-6-8-18(9-7-17)10-11-19-15-12-13(2)4-5-14(15)16/h4-5,12H,3,6-11H2,1-2H3. The summed E-state index contributed by atoms with van der Waals surface area (Å²) >= 11 is 6.11. The normalized spacial score (nSPS) is 17.6. The number of rotatable bonds is 5. The molecule has 3 nitrogen and oxygen atoms in total. The molecule has 1 saturated heterocycles. The fraction of sp³-hybridized carbons (Fsp3) is 0.600. The molecule has 0 saturated carbocycles. The van der Waals surface area contributed by atoms with Crippen LogP contribution in [0.15, 0.2) is 18.2 Å². The van der Waals surface area contributed by atoms with E-state index in [-0.39, 0.29) is 0 Å². The zero-order valence-corrected chi connectivity index (χ0v) is 12.6. The largest absolute Gasteiger partial charge is 0.491 e. The van der Waals surface area contributed by atoms with Crippen LogP contribution in [0.5, 0.6) is 5.75 Å². The third-order valence-corrected chi connectivity index (χ3v) is 3.98. The molecule has 19 heavy (non-hydrogen) atoms. The number of hydrogen-bond donors (Lipinski definition) is 0. The van der Waals surface area contributed by atoms with Gasteiger partial charge in [-0.15, -0.1) is 0 Å². The predicted octanol–water partition coefficient (Wildman–Crippen LogP) is 2.66. The fourth-order valence-electron chi connectivity index (χ4n) is 2.34. The lowest BCUT2D eigenvalue weighted by Gasteiger charge is -2.33. The molecular formula is C15H23ClN2O. The van der Waals surface area contributed by atoms with E-state index in [0.717, 1.165) is 31.9 Å². The van der Waals surface area contributed by atoms with Gasteiger partial charge in [-0.1, -0.05) is 24.6 Å². The maximum absolute atomic E-state index is 6.11. The molecule has 0 amide bonds. The molecule has 0 N–H and O–H groups in total. The number of ether oxygens (including phenoxy) is 1. The molecule has 1 aliphatic heterocycles. The summed E-state index contributed by atoms with van der Waals surface area (Å²) in [4.78, 5) is 4.94. The molecule has 0 spiro atoms. The highest BCUT2D eigenvalue weighted by Crippen LogP contribution is 2.25. The van der Waals surface area contributed by atoms with E-state index in [1.165, 1.54) is 18.7 Å². The van der Waals surface area contributed by atoms with Crippen molar-refractivity contribution in [1.82, 2.24) is 9.80 Å². The smallest absolute Gasteiger partial charge is 0.138 e. The number of likely N-dealkylation sites (N-methyl/N-ethyl adjacent to an activating group) is 1. The van der Waals surface area contributed by atoms with Crippen LogP contribution in [0.25, 0.3) is 0 Å². The molecule has 0 aromatic heterocycles. The van der Waals surface area contributed by atoms with Gasteiger partial charge in [0, 0.05) is 32.7 Å². The van der Waals surface area contributed by atoms with E-state index < -0.39 is 0 Å². The first-order valence-electron chi connectivity index (χ1n) is 7.02. The average molecular weight is 283 g/mol. The Morgan fingerprint density at radius 1 is 1.16 bits per heavy atom. The van der Waals surface area contributed by atoms with E-state index in [1.807, 2.05) is 25.1 Å². The Morgan fingerprint density at radius 3 is 2.53 bits per heavy atom. The van der Waals surface area contributed by atoms with E-state index >= 15 is 0 Å². The molecule has 0 atom stereocenters. The van der Waals surface area contributed by atoms with Gasteiger partial charge >= 0.3 is 0 Å². The molecule has 0 bridgehead atoms. The summed E-state index contributed by atoms with van der Waals surface area (Å²) in [6.07, 6.45) is 0. The van der Waals surface area contributed by atoms with E-state index in [1.54, 1.807) is 0 Å². The van der Waals surface area contributed by atoms with Gasteiger partial charge in [0.05, 0.1) is 5.02 Å². The van der Waals surface area contributed by atoms with Crippen molar-refractivity contribution >= 4 is 11.6 Å². The van der Waals surface area contributed by atoms with Crippen LogP contribution in [0, 0.1) is 6.92 Å². The maximum atomic E-state index is 6.11. The highest BCUT2D eigenvalue weighted by molar-refractivity contribution is 6.32. The summed E-state index contributed by atoms with van der Waals surface area (Å²) in [5.74, 6) is 0.800. The number of nitrogens with zero attached hydrogens (tertiary/aromatic N) is 2. The monoisotopic (exact) mass is 282 g/mol. The first-order valence-corrected chi connectivity index (χ1v) is 7.40. The third kappa shape index (κ3) is 4.37. The lowest BCUT2D eigenvalue weighted by atomic mass is 10.2. The highest BCUT2D eigenvalue weighted by Gasteiger charge is 2.15. The second kappa shape index (κ2) is 7.13.